The van der Waals surface area contributed by atoms with E-state index in [1.165, 1.54) is 0 Å². The van der Waals surface area contributed by atoms with Gasteiger partial charge >= 0.3 is 5.97 Å². The molecule has 3 aromatic rings. The van der Waals surface area contributed by atoms with Crippen LogP contribution in [0.1, 0.15) is 21.7 Å². The third kappa shape index (κ3) is 3.19. The molecule has 1 aromatic heterocycles. The average molecular weight is 349 g/mol. The zero-order valence-corrected chi connectivity index (χ0v) is 13.3. The van der Waals surface area contributed by atoms with Crippen LogP contribution in [0, 0.1) is 18.6 Å². The molecule has 0 N–H and O–H groups in total. The summed E-state index contributed by atoms with van der Waals surface area (Å²) >= 11 is 5.75. The number of carbonyl (C=O) groups is 1. The summed E-state index contributed by atoms with van der Waals surface area (Å²) in [5, 5.41) is -0.222. The van der Waals surface area contributed by atoms with Crippen LogP contribution in [-0.2, 0) is 11.3 Å². The molecule has 122 valence electrons. The van der Waals surface area contributed by atoms with Crippen molar-refractivity contribution in [2.24, 2.45) is 0 Å². The number of rotatable bonds is 3. The predicted molar refractivity (Wildman–Crippen MR) is 84.8 cm³/mol. The SMILES string of the molecule is Cc1nc2ccccc2nc1COC(=O)c1cc(F)c(F)cc1Cl. The van der Waals surface area contributed by atoms with Gasteiger partial charge in [-0.1, -0.05) is 23.7 Å². The summed E-state index contributed by atoms with van der Waals surface area (Å²) in [7, 11) is 0. The summed E-state index contributed by atoms with van der Waals surface area (Å²) in [6.07, 6.45) is 0. The maximum atomic E-state index is 13.3. The smallest absolute Gasteiger partial charge is 0.340 e. The van der Waals surface area contributed by atoms with Crippen molar-refractivity contribution < 1.29 is 18.3 Å². The second-order valence-corrected chi connectivity index (χ2v) is 5.47. The Hall–Kier alpha value is -2.60. The zero-order valence-electron chi connectivity index (χ0n) is 12.5. The second kappa shape index (κ2) is 6.49. The van der Waals surface area contributed by atoms with Gasteiger partial charge in [0.1, 0.15) is 6.61 Å². The van der Waals surface area contributed by atoms with E-state index in [4.69, 9.17) is 16.3 Å². The largest absolute Gasteiger partial charge is 0.455 e. The van der Waals surface area contributed by atoms with Gasteiger partial charge in [0.25, 0.3) is 0 Å². The van der Waals surface area contributed by atoms with Crippen molar-refractivity contribution in [2.75, 3.05) is 0 Å². The van der Waals surface area contributed by atoms with Gasteiger partial charge in [0.05, 0.1) is 33.0 Å². The molecule has 7 heteroatoms. The van der Waals surface area contributed by atoms with Crippen LogP contribution in [0.3, 0.4) is 0 Å². The number of esters is 1. The van der Waals surface area contributed by atoms with Gasteiger partial charge in [-0.15, -0.1) is 0 Å². The second-order valence-electron chi connectivity index (χ2n) is 5.07. The van der Waals surface area contributed by atoms with E-state index in [2.05, 4.69) is 9.97 Å². The fourth-order valence-electron chi connectivity index (χ4n) is 2.15. The van der Waals surface area contributed by atoms with Crippen molar-refractivity contribution in [1.82, 2.24) is 9.97 Å². The van der Waals surface area contributed by atoms with Gasteiger partial charge in [0.2, 0.25) is 0 Å². The van der Waals surface area contributed by atoms with Crippen molar-refractivity contribution in [1.29, 1.82) is 0 Å². The maximum absolute atomic E-state index is 13.3. The Morgan fingerprint density at radius 3 is 2.46 bits per heavy atom. The number of aryl methyl sites for hydroxylation is 1. The summed E-state index contributed by atoms with van der Waals surface area (Å²) in [6, 6.07) is 8.73. The lowest BCUT2D eigenvalue weighted by Crippen LogP contribution is -2.09. The normalized spacial score (nSPS) is 10.8. The number of carbonyl (C=O) groups excluding carboxylic acids is 1. The molecule has 0 spiro atoms. The van der Waals surface area contributed by atoms with Crippen LogP contribution >= 0.6 is 11.6 Å². The minimum Gasteiger partial charge on any atom is -0.455 e. The Kier molecular flexibility index (Phi) is 4.40. The fourth-order valence-corrected chi connectivity index (χ4v) is 2.38. The van der Waals surface area contributed by atoms with Gasteiger partial charge in [-0.05, 0) is 31.2 Å². The summed E-state index contributed by atoms with van der Waals surface area (Å²) in [5.41, 5.74) is 2.23. The highest BCUT2D eigenvalue weighted by molar-refractivity contribution is 6.33. The molecule has 1 heterocycles. The quantitative estimate of drug-likeness (QED) is 0.525. The van der Waals surface area contributed by atoms with Crippen LogP contribution in [0.4, 0.5) is 8.78 Å². The minimum absolute atomic E-state index is 0.155. The van der Waals surface area contributed by atoms with Crippen LogP contribution in [0.2, 0.25) is 5.02 Å². The Balaban J connectivity index is 1.82. The highest BCUT2D eigenvalue weighted by Gasteiger charge is 2.17. The Morgan fingerprint density at radius 2 is 1.75 bits per heavy atom. The number of benzene rings is 2. The fraction of sp³-hybridized carbons (Fsp3) is 0.118. The van der Waals surface area contributed by atoms with E-state index < -0.39 is 17.6 Å². The lowest BCUT2D eigenvalue weighted by Gasteiger charge is -2.09. The molecule has 0 amide bonds. The molecule has 2 aromatic carbocycles. The van der Waals surface area contributed by atoms with Crippen LogP contribution in [0.25, 0.3) is 11.0 Å². The van der Waals surface area contributed by atoms with E-state index in [9.17, 15) is 13.6 Å². The molecule has 0 aliphatic heterocycles. The van der Waals surface area contributed by atoms with Crippen molar-refractivity contribution in [3.05, 3.63) is 70.0 Å². The molecule has 0 radical (unpaired) electrons. The third-order valence-electron chi connectivity index (χ3n) is 3.41. The van der Waals surface area contributed by atoms with Crippen molar-refractivity contribution in [3.8, 4) is 0 Å². The number of fused-ring (bicyclic) bond motifs is 1. The lowest BCUT2D eigenvalue weighted by atomic mass is 10.2. The molecular weight excluding hydrogens is 338 g/mol. The number of aromatic nitrogens is 2. The van der Waals surface area contributed by atoms with E-state index >= 15 is 0 Å². The molecule has 0 bridgehead atoms. The summed E-state index contributed by atoms with van der Waals surface area (Å²) in [5.74, 6) is -3.17. The number of para-hydroxylation sites is 2. The van der Waals surface area contributed by atoms with Gasteiger partial charge in [-0.3, -0.25) is 0 Å². The van der Waals surface area contributed by atoms with Crippen LogP contribution < -0.4 is 0 Å². The molecule has 0 unspecified atom stereocenters. The topological polar surface area (TPSA) is 52.1 Å². The Labute approximate surface area is 141 Å². The first-order chi connectivity index (χ1) is 11.5. The standard InChI is InChI=1S/C17H11ClF2N2O2/c1-9-16(22-15-5-3-2-4-14(15)21-9)8-24-17(23)10-6-12(19)13(20)7-11(10)18/h2-7H,8H2,1H3. The molecule has 0 saturated carbocycles. The van der Waals surface area contributed by atoms with Gasteiger partial charge < -0.3 is 4.74 Å². The maximum Gasteiger partial charge on any atom is 0.340 e. The van der Waals surface area contributed by atoms with E-state index in [1.807, 2.05) is 18.2 Å². The molecular formula is C17H11ClF2N2O2. The van der Waals surface area contributed by atoms with Crippen molar-refractivity contribution in [2.45, 2.75) is 13.5 Å². The van der Waals surface area contributed by atoms with E-state index in [0.29, 0.717) is 23.0 Å². The molecule has 0 saturated heterocycles. The first-order valence-corrected chi connectivity index (χ1v) is 7.37. The predicted octanol–water partition coefficient (Wildman–Crippen LogP) is 4.23. The average Bonchev–Trinajstić information content (AvgIpc) is 2.56. The summed E-state index contributed by atoms with van der Waals surface area (Å²) in [6.45, 7) is 1.59. The van der Waals surface area contributed by atoms with E-state index in [1.54, 1.807) is 13.0 Å². The monoisotopic (exact) mass is 348 g/mol. The van der Waals surface area contributed by atoms with E-state index in [0.717, 1.165) is 11.6 Å². The lowest BCUT2D eigenvalue weighted by molar-refractivity contribution is 0.0466. The van der Waals surface area contributed by atoms with Crippen molar-refractivity contribution in [3.63, 3.8) is 0 Å². The molecule has 0 fully saturated rings. The zero-order chi connectivity index (χ0) is 17.3. The molecule has 4 nitrogen and oxygen atoms in total. The van der Waals surface area contributed by atoms with Crippen LogP contribution in [0.5, 0.6) is 0 Å². The number of hydrogen-bond donors (Lipinski definition) is 0. The first-order valence-electron chi connectivity index (χ1n) is 6.99. The summed E-state index contributed by atoms with van der Waals surface area (Å²) < 4.78 is 31.4. The third-order valence-corrected chi connectivity index (χ3v) is 3.73. The highest BCUT2D eigenvalue weighted by atomic mass is 35.5. The minimum atomic E-state index is -1.17. The molecule has 3 rings (SSSR count). The Bertz CT molecular complexity index is 947. The van der Waals surface area contributed by atoms with Gasteiger partial charge in [0.15, 0.2) is 11.6 Å². The highest BCUT2D eigenvalue weighted by Crippen LogP contribution is 2.21. The number of halogens is 3. The van der Waals surface area contributed by atoms with E-state index in [-0.39, 0.29) is 17.2 Å². The van der Waals surface area contributed by atoms with Crippen LogP contribution in [-0.4, -0.2) is 15.9 Å². The van der Waals surface area contributed by atoms with Crippen molar-refractivity contribution >= 4 is 28.6 Å². The number of hydrogen-bond acceptors (Lipinski definition) is 4. The molecule has 0 aliphatic carbocycles. The first kappa shape index (κ1) is 16.3. The van der Waals surface area contributed by atoms with Gasteiger partial charge in [-0.25, -0.2) is 23.5 Å². The molecule has 24 heavy (non-hydrogen) atoms. The van der Waals surface area contributed by atoms with Gasteiger partial charge in [-0.2, -0.15) is 0 Å². The van der Waals surface area contributed by atoms with Crippen LogP contribution in [0.15, 0.2) is 36.4 Å². The number of nitrogens with zero attached hydrogens (tertiary/aromatic N) is 2. The Morgan fingerprint density at radius 1 is 1.12 bits per heavy atom. The molecule has 0 atom stereocenters. The molecule has 0 aliphatic rings. The summed E-state index contributed by atoms with van der Waals surface area (Å²) in [4.78, 5) is 20.8. The van der Waals surface area contributed by atoms with Gasteiger partial charge in [0, 0.05) is 0 Å². The number of ether oxygens (including phenoxy) is 1.